The smallest absolute Gasteiger partial charge is 0.114 e. The second kappa shape index (κ2) is 5.14. The highest BCUT2D eigenvalue weighted by Gasteiger charge is 1.96. The zero-order chi connectivity index (χ0) is 13.1. The molecule has 3 aromatic rings. The van der Waals surface area contributed by atoms with Crippen molar-refractivity contribution in [2.75, 3.05) is 0 Å². The maximum Gasteiger partial charge on any atom is 0.114 e. The third kappa shape index (κ3) is 2.59. The molecule has 0 aliphatic carbocycles. The highest BCUT2D eigenvalue weighted by Crippen LogP contribution is 2.14. The minimum Gasteiger partial charge on any atom is -0.239 e. The Kier molecular flexibility index (Phi) is 3.18. The van der Waals surface area contributed by atoms with Gasteiger partial charge in [0.2, 0.25) is 0 Å². The second-order valence-electron chi connectivity index (χ2n) is 4.12. The molecular weight excluding hydrogens is 254 g/mol. The van der Waals surface area contributed by atoms with E-state index < -0.39 is 0 Å². The molecule has 0 aliphatic rings. The molecule has 19 heavy (non-hydrogen) atoms. The van der Waals surface area contributed by atoms with Gasteiger partial charge in [-0.3, -0.25) is 0 Å². The fourth-order valence-corrected chi connectivity index (χ4v) is 2.01. The van der Waals surface area contributed by atoms with Crippen molar-refractivity contribution >= 4 is 22.5 Å². The number of fused-ring (bicyclic) bond motifs is 1. The number of aromatic nitrogens is 1. The molecule has 0 saturated heterocycles. The van der Waals surface area contributed by atoms with E-state index in [1.165, 1.54) is 0 Å². The molecule has 0 saturated carbocycles. The Labute approximate surface area is 116 Å². The van der Waals surface area contributed by atoms with Crippen molar-refractivity contribution in [2.45, 2.75) is 0 Å². The maximum absolute atomic E-state index is 6.06. The number of pyridine rings is 1. The molecule has 0 radical (unpaired) electrons. The fourth-order valence-electron chi connectivity index (χ4n) is 1.83. The Hall–Kier alpha value is -2.30. The summed E-state index contributed by atoms with van der Waals surface area (Å²) in [5.41, 5.74) is 2.52. The first-order chi connectivity index (χ1) is 9.33. The monoisotopic (exact) mass is 263 g/mol. The summed E-state index contributed by atoms with van der Waals surface area (Å²) in [5.74, 6) is 6.10. The molecule has 0 bridgehead atoms. The molecule has 0 unspecified atom stereocenters. The predicted octanol–water partition coefficient (Wildman–Crippen LogP) is 4.29. The number of hydrogen-bond donors (Lipinski definition) is 0. The van der Waals surface area contributed by atoms with Gasteiger partial charge in [-0.1, -0.05) is 53.9 Å². The van der Waals surface area contributed by atoms with Gasteiger partial charge in [-0.2, -0.15) is 0 Å². The van der Waals surface area contributed by atoms with Gasteiger partial charge in [0.15, 0.2) is 0 Å². The van der Waals surface area contributed by atoms with Crippen LogP contribution in [0.5, 0.6) is 0 Å². The van der Waals surface area contributed by atoms with E-state index in [9.17, 15) is 0 Å². The molecule has 0 aliphatic heterocycles. The average molecular weight is 264 g/mol. The minimum atomic E-state index is 0.663. The Bertz CT molecular complexity index is 797. The summed E-state index contributed by atoms with van der Waals surface area (Å²) in [7, 11) is 0. The molecule has 2 aromatic carbocycles. The van der Waals surface area contributed by atoms with Crippen LogP contribution in [0.3, 0.4) is 0 Å². The van der Waals surface area contributed by atoms with Gasteiger partial charge < -0.3 is 0 Å². The third-order valence-electron chi connectivity index (χ3n) is 2.80. The summed E-state index contributed by atoms with van der Waals surface area (Å²) in [6.45, 7) is 0. The maximum atomic E-state index is 6.06. The summed E-state index contributed by atoms with van der Waals surface area (Å²) in [4.78, 5) is 4.50. The Balaban J connectivity index is 2.01. The van der Waals surface area contributed by atoms with E-state index in [2.05, 4.69) is 16.8 Å². The lowest BCUT2D eigenvalue weighted by Crippen LogP contribution is -1.84. The lowest BCUT2D eigenvalue weighted by molar-refractivity contribution is 1.36. The quantitative estimate of drug-likeness (QED) is 0.552. The van der Waals surface area contributed by atoms with E-state index in [1.807, 2.05) is 60.7 Å². The molecule has 0 spiro atoms. The lowest BCUT2D eigenvalue weighted by Gasteiger charge is -1.97. The zero-order valence-electron chi connectivity index (χ0n) is 10.1. The van der Waals surface area contributed by atoms with E-state index in [0.717, 1.165) is 22.2 Å². The van der Waals surface area contributed by atoms with Crippen molar-refractivity contribution in [3.8, 4) is 11.8 Å². The van der Waals surface area contributed by atoms with Crippen molar-refractivity contribution in [1.82, 2.24) is 4.98 Å². The summed E-state index contributed by atoms with van der Waals surface area (Å²) < 4.78 is 0. The number of nitrogens with zero attached hydrogens (tertiary/aromatic N) is 1. The Morgan fingerprint density at radius 2 is 1.58 bits per heavy atom. The van der Waals surface area contributed by atoms with Gasteiger partial charge in [0.05, 0.1) is 10.5 Å². The van der Waals surface area contributed by atoms with Gasteiger partial charge >= 0.3 is 0 Å². The van der Waals surface area contributed by atoms with Crippen LogP contribution in [-0.4, -0.2) is 4.98 Å². The molecule has 0 N–H and O–H groups in total. The molecule has 1 heterocycles. The Morgan fingerprint density at radius 1 is 0.789 bits per heavy atom. The standard InChI is InChI=1S/C17H10ClN/c18-16-7-3-1-5-13(16)9-11-15-12-10-14-6-2-4-8-17(14)19-15/h1-8,10,12H. The van der Waals surface area contributed by atoms with Gasteiger partial charge in [0.25, 0.3) is 0 Å². The van der Waals surface area contributed by atoms with Crippen molar-refractivity contribution in [2.24, 2.45) is 0 Å². The van der Waals surface area contributed by atoms with Gasteiger partial charge in [-0.15, -0.1) is 0 Å². The number of benzene rings is 2. The van der Waals surface area contributed by atoms with Crippen LogP contribution >= 0.6 is 11.6 Å². The van der Waals surface area contributed by atoms with Crippen LogP contribution in [0.1, 0.15) is 11.3 Å². The van der Waals surface area contributed by atoms with Crippen molar-refractivity contribution in [3.05, 3.63) is 76.9 Å². The molecular formula is C17H10ClN. The number of rotatable bonds is 0. The first-order valence-electron chi connectivity index (χ1n) is 5.95. The number of hydrogen-bond acceptors (Lipinski definition) is 1. The SMILES string of the molecule is Clc1ccccc1C#Cc1ccc2ccccc2n1. The van der Waals surface area contributed by atoms with E-state index in [-0.39, 0.29) is 0 Å². The van der Waals surface area contributed by atoms with E-state index in [0.29, 0.717) is 5.02 Å². The molecule has 1 aromatic heterocycles. The van der Waals surface area contributed by atoms with Gasteiger partial charge in [0.1, 0.15) is 5.69 Å². The second-order valence-corrected chi connectivity index (χ2v) is 4.53. The summed E-state index contributed by atoms with van der Waals surface area (Å²) >= 11 is 6.06. The lowest BCUT2D eigenvalue weighted by atomic mass is 10.2. The van der Waals surface area contributed by atoms with Crippen LogP contribution in [0.2, 0.25) is 5.02 Å². The topological polar surface area (TPSA) is 12.9 Å². The third-order valence-corrected chi connectivity index (χ3v) is 3.13. The van der Waals surface area contributed by atoms with Gasteiger partial charge in [-0.05, 0) is 30.2 Å². The average Bonchev–Trinajstić information content (AvgIpc) is 2.46. The Morgan fingerprint density at radius 3 is 2.47 bits per heavy atom. The summed E-state index contributed by atoms with van der Waals surface area (Å²) in [6, 6.07) is 19.5. The van der Waals surface area contributed by atoms with Crippen LogP contribution in [-0.2, 0) is 0 Å². The van der Waals surface area contributed by atoms with Crippen LogP contribution in [0, 0.1) is 11.8 Å². The van der Waals surface area contributed by atoms with Gasteiger partial charge in [-0.25, -0.2) is 4.98 Å². The molecule has 1 nitrogen and oxygen atoms in total. The largest absolute Gasteiger partial charge is 0.239 e. The molecule has 3 rings (SSSR count). The number of halogens is 1. The molecule has 2 heteroatoms. The van der Waals surface area contributed by atoms with Crippen molar-refractivity contribution in [1.29, 1.82) is 0 Å². The molecule has 90 valence electrons. The highest BCUT2D eigenvalue weighted by molar-refractivity contribution is 6.31. The highest BCUT2D eigenvalue weighted by atomic mass is 35.5. The van der Waals surface area contributed by atoms with Crippen LogP contribution < -0.4 is 0 Å². The van der Waals surface area contributed by atoms with Crippen LogP contribution in [0.15, 0.2) is 60.7 Å². The predicted molar refractivity (Wildman–Crippen MR) is 79.2 cm³/mol. The van der Waals surface area contributed by atoms with Crippen molar-refractivity contribution in [3.63, 3.8) is 0 Å². The first kappa shape index (κ1) is 11.8. The van der Waals surface area contributed by atoms with E-state index in [1.54, 1.807) is 0 Å². The molecule has 0 fully saturated rings. The normalized spacial score (nSPS) is 9.95. The summed E-state index contributed by atoms with van der Waals surface area (Å²) in [6.07, 6.45) is 0. The van der Waals surface area contributed by atoms with E-state index in [4.69, 9.17) is 11.6 Å². The zero-order valence-corrected chi connectivity index (χ0v) is 10.9. The number of para-hydroxylation sites is 1. The van der Waals surface area contributed by atoms with Crippen LogP contribution in [0.25, 0.3) is 10.9 Å². The van der Waals surface area contributed by atoms with Crippen molar-refractivity contribution < 1.29 is 0 Å². The molecule has 0 amide bonds. The van der Waals surface area contributed by atoms with Gasteiger partial charge in [0, 0.05) is 10.9 Å². The first-order valence-corrected chi connectivity index (χ1v) is 6.33. The minimum absolute atomic E-state index is 0.663. The molecule has 0 atom stereocenters. The summed E-state index contributed by atoms with van der Waals surface area (Å²) in [5, 5.41) is 1.78. The van der Waals surface area contributed by atoms with E-state index >= 15 is 0 Å². The fraction of sp³-hybridized carbons (Fsp3) is 0. The van der Waals surface area contributed by atoms with Crippen LogP contribution in [0.4, 0.5) is 0 Å².